The van der Waals surface area contributed by atoms with Gasteiger partial charge in [0.05, 0.1) is 13.7 Å². The number of methoxy groups -OCH3 is 1. The van der Waals surface area contributed by atoms with Crippen LogP contribution < -0.4 is 9.47 Å². The van der Waals surface area contributed by atoms with Crippen molar-refractivity contribution in [2.75, 3.05) is 19.6 Å². The maximum Gasteiger partial charge on any atom is 0.161 e. The summed E-state index contributed by atoms with van der Waals surface area (Å²) in [5.74, 6) is 2.86. The highest BCUT2D eigenvalue weighted by molar-refractivity contribution is 6.17. The number of aryl methyl sites for hydroxylation is 1. The van der Waals surface area contributed by atoms with E-state index < -0.39 is 0 Å². The van der Waals surface area contributed by atoms with Crippen LogP contribution in [0.2, 0.25) is 0 Å². The number of rotatable bonds is 8. The van der Waals surface area contributed by atoms with Gasteiger partial charge in [0.1, 0.15) is 5.82 Å². The van der Waals surface area contributed by atoms with Crippen molar-refractivity contribution in [1.29, 1.82) is 0 Å². The third kappa shape index (κ3) is 4.60. The van der Waals surface area contributed by atoms with Gasteiger partial charge in [-0.25, -0.2) is 9.97 Å². The van der Waals surface area contributed by atoms with Crippen molar-refractivity contribution in [2.45, 2.75) is 26.2 Å². The monoisotopic (exact) mass is 320 g/mol. The fourth-order valence-corrected chi connectivity index (χ4v) is 2.20. The molecule has 0 unspecified atom stereocenters. The van der Waals surface area contributed by atoms with Gasteiger partial charge in [-0.15, -0.1) is 11.6 Å². The first-order valence-electron chi connectivity index (χ1n) is 7.43. The zero-order valence-electron chi connectivity index (χ0n) is 13.0. The van der Waals surface area contributed by atoms with E-state index in [1.807, 2.05) is 30.5 Å². The molecule has 0 aliphatic rings. The molecule has 5 heteroatoms. The van der Waals surface area contributed by atoms with Crippen LogP contribution in [0.4, 0.5) is 0 Å². The molecule has 0 atom stereocenters. The number of hydrogen-bond acceptors (Lipinski definition) is 4. The lowest BCUT2D eigenvalue weighted by Gasteiger charge is -2.12. The van der Waals surface area contributed by atoms with E-state index in [2.05, 4.69) is 16.9 Å². The van der Waals surface area contributed by atoms with Gasteiger partial charge in [-0.3, -0.25) is 0 Å². The number of benzene rings is 1. The summed E-state index contributed by atoms with van der Waals surface area (Å²) >= 11 is 5.68. The molecule has 0 bridgehead atoms. The van der Waals surface area contributed by atoms with Crippen LogP contribution in [0.5, 0.6) is 11.5 Å². The molecule has 0 fully saturated rings. The summed E-state index contributed by atoms with van der Waals surface area (Å²) in [6.07, 6.45) is 4.19. The minimum atomic E-state index is 0.575. The molecule has 0 aliphatic heterocycles. The van der Waals surface area contributed by atoms with Gasteiger partial charge in [0.25, 0.3) is 0 Å². The second-order valence-corrected chi connectivity index (χ2v) is 5.25. The van der Waals surface area contributed by atoms with Gasteiger partial charge in [-0.05, 0) is 36.6 Å². The molecule has 0 aliphatic carbocycles. The van der Waals surface area contributed by atoms with E-state index in [1.54, 1.807) is 7.11 Å². The molecule has 0 N–H and O–H groups in total. The first kappa shape index (κ1) is 16.6. The summed E-state index contributed by atoms with van der Waals surface area (Å²) in [6.45, 7) is 2.66. The van der Waals surface area contributed by atoms with Crippen LogP contribution in [0, 0.1) is 0 Å². The number of aromatic nitrogens is 2. The third-order valence-corrected chi connectivity index (χ3v) is 3.52. The Morgan fingerprint density at radius 1 is 1.18 bits per heavy atom. The number of ether oxygens (including phenoxy) is 2. The molecule has 2 aromatic rings. The molecule has 0 spiro atoms. The smallest absolute Gasteiger partial charge is 0.161 e. The molecule has 0 saturated carbocycles. The lowest BCUT2D eigenvalue weighted by atomic mass is 10.1. The Kier molecular flexibility index (Phi) is 6.46. The van der Waals surface area contributed by atoms with E-state index in [4.69, 9.17) is 21.1 Å². The van der Waals surface area contributed by atoms with Crippen LogP contribution in [0.1, 0.15) is 30.4 Å². The van der Waals surface area contributed by atoms with Crippen molar-refractivity contribution >= 4 is 11.6 Å². The largest absolute Gasteiger partial charge is 0.493 e. The van der Waals surface area contributed by atoms with Gasteiger partial charge in [-0.2, -0.15) is 0 Å². The summed E-state index contributed by atoms with van der Waals surface area (Å²) in [7, 11) is 1.64. The van der Waals surface area contributed by atoms with Crippen LogP contribution in [0.25, 0.3) is 0 Å². The van der Waals surface area contributed by atoms with Crippen LogP contribution in [0.3, 0.4) is 0 Å². The second kappa shape index (κ2) is 8.59. The predicted octanol–water partition coefficient (Wildman–Crippen LogP) is 3.65. The van der Waals surface area contributed by atoms with Gasteiger partial charge in [0.2, 0.25) is 0 Å². The summed E-state index contributed by atoms with van der Waals surface area (Å²) in [4.78, 5) is 8.86. The highest BCUT2D eigenvalue weighted by Crippen LogP contribution is 2.28. The molecule has 118 valence electrons. The van der Waals surface area contributed by atoms with Crippen molar-refractivity contribution in [1.82, 2.24) is 9.97 Å². The summed E-state index contributed by atoms with van der Waals surface area (Å²) in [5, 5.41) is 0. The van der Waals surface area contributed by atoms with Gasteiger partial charge in [0, 0.05) is 24.2 Å². The predicted molar refractivity (Wildman–Crippen MR) is 88.0 cm³/mol. The van der Waals surface area contributed by atoms with E-state index in [0.29, 0.717) is 18.9 Å². The van der Waals surface area contributed by atoms with Crippen LogP contribution >= 0.6 is 11.6 Å². The Morgan fingerprint density at radius 2 is 2.05 bits per heavy atom. The van der Waals surface area contributed by atoms with E-state index in [1.165, 1.54) is 0 Å². The Balaban J connectivity index is 2.14. The topological polar surface area (TPSA) is 44.2 Å². The average molecular weight is 321 g/mol. The van der Waals surface area contributed by atoms with Crippen molar-refractivity contribution in [3.63, 3.8) is 0 Å². The molecule has 0 radical (unpaired) electrons. The van der Waals surface area contributed by atoms with Crippen molar-refractivity contribution in [3.8, 4) is 11.5 Å². The van der Waals surface area contributed by atoms with Crippen LogP contribution in [-0.2, 0) is 12.8 Å². The maximum atomic E-state index is 5.74. The number of nitrogens with zero attached hydrogens (tertiary/aromatic N) is 2. The zero-order chi connectivity index (χ0) is 15.8. The van der Waals surface area contributed by atoms with E-state index in [9.17, 15) is 0 Å². The first-order valence-corrected chi connectivity index (χ1v) is 7.96. The van der Waals surface area contributed by atoms with E-state index in [0.717, 1.165) is 41.4 Å². The van der Waals surface area contributed by atoms with Crippen LogP contribution in [0.15, 0.2) is 30.5 Å². The van der Waals surface area contributed by atoms with Crippen molar-refractivity contribution < 1.29 is 9.47 Å². The van der Waals surface area contributed by atoms with Gasteiger partial charge < -0.3 is 9.47 Å². The molecule has 4 nitrogen and oxygen atoms in total. The zero-order valence-corrected chi connectivity index (χ0v) is 13.8. The van der Waals surface area contributed by atoms with Crippen LogP contribution in [-0.4, -0.2) is 29.6 Å². The molecular formula is C17H21ClN2O2. The number of hydrogen-bond donors (Lipinski definition) is 0. The van der Waals surface area contributed by atoms with Gasteiger partial charge in [0.15, 0.2) is 11.5 Å². The third-order valence-electron chi connectivity index (χ3n) is 3.25. The maximum absolute atomic E-state index is 5.74. The lowest BCUT2D eigenvalue weighted by molar-refractivity contribution is 0.294. The fraction of sp³-hybridized carbons (Fsp3) is 0.412. The van der Waals surface area contributed by atoms with Gasteiger partial charge >= 0.3 is 0 Å². The number of alkyl halides is 1. The minimum absolute atomic E-state index is 0.575. The summed E-state index contributed by atoms with van der Waals surface area (Å²) in [5.41, 5.74) is 2.15. The Labute approximate surface area is 136 Å². The minimum Gasteiger partial charge on any atom is -0.493 e. The van der Waals surface area contributed by atoms with Gasteiger partial charge in [-0.1, -0.05) is 13.0 Å². The Hall–Kier alpha value is -1.81. The first-order chi connectivity index (χ1) is 10.8. The highest BCUT2D eigenvalue weighted by Gasteiger charge is 2.08. The lowest BCUT2D eigenvalue weighted by Crippen LogP contribution is -2.02. The van der Waals surface area contributed by atoms with E-state index >= 15 is 0 Å². The normalized spacial score (nSPS) is 10.5. The molecule has 1 aromatic carbocycles. The molecule has 1 heterocycles. The standard InChI is InChI=1S/C17H21ClN2O2/c1-3-14-7-9-19-17(20-14)12-13-5-6-15(21-2)16(11-13)22-10-4-8-18/h5-7,9,11H,3-4,8,10,12H2,1-2H3. The fourth-order valence-electron chi connectivity index (χ4n) is 2.09. The molecule has 0 amide bonds. The number of halogens is 1. The molecule has 0 saturated heterocycles. The highest BCUT2D eigenvalue weighted by atomic mass is 35.5. The van der Waals surface area contributed by atoms with E-state index in [-0.39, 0.29) is 0 Å². The molecule has 1 aromatic heterocycles. The SMILES string of the molecule is CCc1ccnc(Cc2ccc(OC)c(OCCCCl)c2)n1. The summed E-state index contributed by atoms with van der Waals surface area (Å²) in [6, 6.07) is 7.84. The van der Waals surface area contributed by atoms with Crippen molar-refractivity contribution in [3.05, 3.63) is 47.5 Å². The molecule has 2 rings (SSSR count). The summed E-state index contributed by atoms with van der Waals surface area (Å²) < 4.78 is 11.1. The quantitative estimate of drug-likeness (QED) is 0.550. The second-order valence-electron chi connectivity index (χ2n) is 4.87. The Morgan fingerprint density at radius 3 is 2.77 bits per heavy atom. The Bertz CT molecular complexity index is 605. The molecular weight excluding hydrogens is 300 g/mol. The average Bonchev–Trinajstić information content (AvgIpc) is 2.55. The molecule has 22 heavy (non-hydrogen) atoms. The van der Waals surface area contributed by atoms with Crippen molar-refractivity contribution in [2.24, 2.45) is 0 Å².